The van der Waals surface area contributed by atoms with Crippen LogP contribution in [0.25, 0.3) is 28.2 Å². The fraction of sp³-hybridized carbons (Fsp3) is 0.0909. The second kappa shape index (κ2) is 8.81. The SMILES string of the molecule is Bc1c(B)c(B)c(/C=C/C(=O)Nc2ncc3ccc(-c4cnc(C)n4C)cc3n2)c(B)c1B. The molecule has 6 nitrogen and oxygen atoms in total. The van der Waals surface area contributed by atoms with E-state index in [1.165, 1.54) is 27.3 Å². The van der Waals surface area contributed by atoms with Crippen LogP contribution < -0.4 is 32.6 Å². The third-order valence-corrected chi connectivity index (χ3v) is 6.79. The first-order valence-electron chi connectivity index (χ1n) is 11.0. The van der Waals surface area contributed by atoms with Gasteiger partial charge in [-0.15, -0.1) is 16.4 Å². The monoisotopic (exact) mass is 429 g/mol. The van der Waals surface area contributed by atoms with Crippen LogP contribution in [0.2, 0.25) is 0 Å². The molecule has 0 aliphatic heterocycles. The summed E-state index contributed by atoms with van der Waals surface area (Å²) in [5.41, 5.74) is 10.1. The molecule has 2 heterocycles. The number of rotatable bonds is 4. The smallest absolute Gasteiger partial charge is 0.250 e. The van der Waals surface area contributed by atoms with Crippen LogP contribution >= 0.6 is 0 Å². The number of imidazole rings is 1. The minimum atomic E-state index is -0.262. The van der Waals surface area contributed by atoms with Crippen molar-refractivity contribution in [3.05, 3.63) is 48.1 Å². The standard InChI is InChI=1S/C22H24B5N5O/c1-10-28-9-15(32(10)2)11-3-4-12-8-29-22(30-14(12)7-11)31-16(33)6-5-13-17(23)19(25)21(27)20(26)18(13)24/h3-9H,23-27H2,1-2H3,(H,29,30,31,33)/b6-5+. The van der Waals surface area contributed by atoms with Gasteiger partial charge in [0.25, 0.3) is 5.91 Å². The van der Waals surface area contributed by atoms with E-state index in [0.29, 0.717) is 0 Å². The van der Waals surface area contributed by atoms with E-state index in [0.717, 1.165) is 33.5 Å². The summed E-state index contributed by atoms with van der Waals surface area (Å²) in [6, 6.07) is 6.00. The zero-order valence-electron chi connectivity index (χ0n) is 20.2. The van der Waals surface area contributed by atoms with Gasteiger partial charge in [0.15, 0.2) is 0 Å². The summed E-state index contributed by atoms with van der Waals surface area (Å²) in [4.78, 5) is 25.9. The molecule has 0 saturated carbocycles. The molecule has 2 aromatic heterocycles. The molecule has 1 amide bonds. The van der Waals surface area contributed by atoms with Gasteiger partial charge in [-0.2, -0.15) is 0 Å². The van der Waals surface area contributed by atoms with Crippen molar-refractivity contribution in [3.8, 4) is 11.3 Å². The number of carbonyl (C=O) groups excluding carboxylic acids is 1. The lowest BCUT2D eigenvalue weighted by molar-refractivity contribution is -0.111. The molecule has 0 fully saturated rings. The normalized spacial score (nSPS) is 11.3. The predicted octanol–water partition coefficient (Wildman–Crippen LogP) is -4.72. The van der Waals surface area contributed by atoms with E-state index in [2.05, 4.69) is 59.5 Å². The molecule has 158 valence electrons. The number of carbonyl (C=O) groups is 1. The van der Waals surface area contributed by atoms with Crippen LogP contribution in [0.5, 0.6) is 0 Å². The molecule has 4 aromatic rings. The van der Waals surface area contributed by atoms with Crippen molar-refractivity contribution in [2.75, 3.05) is 5.32 Å². The van der Waals surface area contributed by atoms with E-state index in [-0.39, 0.29) is 11.9 Å². The van der Waals surface area contributed by atoms with Crippen molar-refractivity contribution in [2.45, 2.75) is 6.92 Å². The number of hydrogen-bond acceptors (Lipinski definition) is 4. The molecule has 0 unspecified atom stereocenters. The van der Waals surface area contributed by atoms with Crippen molar-refractivity contribution in [3.63, 3.8) is 0 Å². The third kappa shape index (κ3) is 4.27. The maximum atomic E-state index is 12.6. The molecule has 0 atom stereocenters. The highest BCUT2D eigenvalue weighted by atomic mass is 16.1. The van der Waals surface area contributed by atoms with Gasteiger partial charge in [0.1, 0.15) is 45.1 Å². The molecule has 11 heteroatoms. The Morgan fingerprint density at radius 3 is 2.27 bits per heavy atom. The molecule has 33 heavy (non-hydrogen) atoms. The predicted molar refractivity (Wildman–Crippen MR) is 151 cm³/mol. The first-order chi connectivity index (χ1) is 15.7. The number of fused-ring (bicyclic) bond motifs is 1. The van der Waals surface area contributed by atoms with Gasteiger partial charge in [-0.1, -0.05) is 29.1 Å². The molecule has 0 radical (unpaired) electrons. The first kappa shape index (κ1) is 22.7. The molecule has 0 saturated heterocycles. The van der Waals surface area contributed by atoms with E-state index in [4.69, 9.17) is 0 Å². The number of aromatic nitrogens is 4. The van der Waals surface area contributed by atoms with Crippen molar-refractivity contribution >= 4 is 95.4 Å². The number of amides is 1. The molecule has 0 aliphatic rings. The Labute approximate surface area is 198 Å². The minimum absolute atomic E-state index is 0.262. The summed E-state index contributed by atoms with van der Waals surface area (Å²) in [5.74, 6) is 0.958. The Balaban J connectivity index is 1.59. The highest BCUT2D eigenvalue weighted by Gasteiger charge is 2.11. The summed E-state index contributed by atoms with van der Waals surface area (Å²) in [6.07, 6.45) is 7.00. The fourth-order valence-corrected chi connectivity index (χ4v) is 4.10. The van der Waals surface area contributed by atoms with Gasteiger partial charge in [-0.25, -0.2) is 15.0 Å². The maximum absolute atomic E-state index is 12.6. The molecule has 0 aliphatic carbocycles. The highest BCUT2D eigenvalue weighted by molar-refractivity contribution is 6.67. The van der Waals surface area contributed by atoms with Crippen molar-refractivity contribution in [2.24, 2.45) is 7.05 Å². The van der Waals surface area contributed by atoms with Crippen molar-refractivity contribution in [1.82, 2.24) is 19.5 Å². The van der Waals surface area contributed by atoms with Gasteiger partial charge < -0.3 is 4.57 Å². The summed E-state index contributed by atoms with van der Waals surface area (Å²) >= 11 is 0. The molecule has 2 aromatic carbocycles. The third-order valence-electron chi connectivity index (χ3n) is 6.79. The lowest BCUT2D eigenvalue weighted by Crippen LogP contribution is -2.55. The molecule has 1 N–H and O–H groups in total. The number of anilines is 1. The van der Waals surface area contributed by atoms with Gasteiger partial charge in [-0.05, 0) is 18.6 Å². The molecule has 0 spiro atoms. The van der Waals surface area contributed by atoms with E-state index >= 15 is 0 Å². The van der Waals surface area contributed by atoms with E-state index < -0.39 is 0 Å². The van der Waals surface area contributed by atoms with E-state index in [1.54, 1.807) is 12.3 Å². The molecule has 0 bridgehead atoms. The zero-order chi connectivity index (χ0) is 23.9. The molecular formula is C22H24B5N5O. The average molecular weight is 429 g/mol. The van der Waals surface area contributed by atoms with Crippen LogP contribution in [0.15, 0.2) is 36.7 Å². The number of hydrogen-bond donors (Lipinski definition) is 1. The van der Waals surface area contributed by atoms with Gasteiger partial charge in [0, 0.05) is 30.3 Å². The number of nitrogens with zero attached hydrogens (tertiary/aromatic N) is 4. The Morgan fingerprint density at radius 1 is 0.970 bits per heavy atom. The van der Waals surface area contributed by atoms with E-state index in [1.807, 2.05) is 49.0 Å². The van der Waals surface area contributed by atoms with Gasteiger partial charge in [-0.3, -0.25) is 10.1 Å². The van der Waals surface area contributed by atoms with Crippen molar-refractivity contribution in [1.29, 1.82) is 0 Å². The second-order valence-corrected chi connectivity index (χ2v) is 8.58. The highest BCUT2D eigenvalue weighted by Crippen LogP contribution is 2.24. The van der Waals surface area contributed by atoms with Gasteiger partial charge >= 0.3 is 0 Å². The van der Waals surface area contributed by atoms with E-state index in [9.17, 15) is 4.79 Å². The Morgan fingerprint density at radius 2 is 1.64 bits per heavy atom. The van der Waals surface area contributed by atoms with Gasteiger partial charge in [0.05, 0.1) is 17.4 Å². The zero-order valence-corrected chi connectivity index (χ0v) is 20.2. The quantitative estimate of drug-likeness (QED) is 0.262. The average Bonchev–Trinajstić information content (AvgIpc) is 3.14. The summed E-state index contributed by atoms with van der Waals surface area (Å²) in [5, 5.41) is 3.70. The topological polar surface area (TPSA) is 72.7 Å². The van der Waals surface area contributed by atoms with Crippen LogP contribution in [-0.4, -0.2) is 64.7 Å². The summed E-state index contributed by atoms with van der Waals surface area (Å²) in [7, 11) is 12.6. The van der Waals surface area contributed by atoms with Crippen molar-refractivity contribution < 1.29 is 4.79 Å². The molecule has 4 rings (SSSR count). The Hall–Kier alpha value is -3.48. The largest absolute Gasteiger partial charge is 0.331 e. The van der Waals surface area contributed by atoms with Crippen LogP contribution in [-0.2, 0) is 11.8 Å². The first-order valence-corrected chi connectivity index (χ1v) is 11.0. The molecular weight excluding hydrogens is 404 g/mol. The van der Waals surface area contributed by atoms with Crippen LogP contribution in [0.4, 0.5) is 5.95 Å². The van der Waals surface area contributed by atoms with Crippen LogP contribution in [0.3, 0.4) is 0 Å². The summed E-state index contributed by atoms with van der Waals surface area (Å²) in [6.45, 7) is 1.97. The number of aryl methyl sites for hydroxylation is 1. The minimum Gasteiger partial charge on any atom is -0.331 e. The lowest BCUT2D eigenvalue weighted by atomic mass is 9.60. The second-order valence-electron chi connectivity index (χ2n) is 8.58. The fourth-order valence-electron chi connectivity index (χ4n) is 4.10. The van der Waals surface area contributed by atoms with Crippen LogP contribution in [0, 0.1) is 6.92 Å². The number of benzene rings is 2. The van der Waals surface area contributed by atoms with Crippen LogP contribution in [0.1, 0.15) is 11.4 Å². The number of nitrogens with one attached hydrogen (secondary N) is 1. The Kier molecular flexibility index (Phi) is 6.06. The lowest BCUT2D eigenvalue weighted by Gasteiger charge is -2.17. The maximum Gasteiger partial charge on any atom is 0.250 e. The van der Waals surface area contributed by atoms with Gasteiger partial charge in [0.2, 0.25) is 5.95 Å². The summed E-state index contributed by atoms with van der Waals surface area (Å²) < 4.78 is 2.04. The Bertz CT molecular complexity index is 1420.